The summed E-state index contributed by atoms with van der Waals surface area (Å²) in [5.41, 5.74) is 0.866. The van der Waals surface area contributed by atoms with Crippen molar-refractivity contribution in [3.63, 3.8) is 0 Å². The van der Waals surface area contributed by atoms with Gasteiger partial charge < -0.3 is 15.4 Å². The number of aryl methyl sites for hydroxylation is 1. The van der Waals surface area contributed by atoms with E-state index in [2.05, 4.69) is 10.6 Å². The van der Waals surface area contributed by atoms with E-state index in [1.54, 1.807) is 20.1 Å². The molecule has 8 heteroatoms. The van der Waals surface area contributed by atoms with Crippen molar-refractivity contribution >= 4 is 24.0 Å². The molecule has 1 aromatic carbocycles. The first-order valence-corrected chi connectivity index (χ1v) is 7.70. The Labute approximate surface area is 147 Å². The number of hydrogen-bond acceptors (Lipinski definition) is 5. The van der Waals surface area contributed by atoms with Crippen LogP contribution in [0.1, 0.15) is 28.8 Å². The Hall–Kier alpha value is -1.70. The van der Waals surface area contributed by atoms with Crippen LogP contribution in [0, 0.1) is 22.5 Å². The van der Waals surface area contributed by atoms with Gasteiger partial charge in [0.05, 0.1) is 11.5 Å². The molecule has 1 aromatic rings. The van der Waals surface area contributed by atoms with Gasteiger partial charge in [0.25, 0.3) is 11.6 Å². The minimum Gasteiger partial charge on any atom is -0.384 e. The monoisotopic (exact) mass is 357 g/mol. The first kappa shape index (κ1) is 20.3. The molecule has 0 unspecified atom stereocenters. The fourth-order valence-electron chi connectivity index (χ4n) is 3.00. The van der Waals surface area contributed by atoms with Crippen molar-refractivity contribution in [3.8, 4) is 0 Å². The molecule has 0 aliphatic carbocycles. The van der Waals surface area contributed by atoms with Crippen LogP contribution < -0.4 is 10.6 Å². The fourth-order valence-corrected chi connectivity index (χ4v) is 3.00. The molecule has 0 radical (unpaired) electrons. The summed E-state index contributed by atoms with van der Waals surface area (Å²) in [4.78, 5) is 22.8. The summed E-state index contributed by atoms with van der Waals surface area (Å²) in [5.74, 6) is -0.286. The van der Waals surface area contributed by atoms with Crippen LogP contribution in [0.15, 0.2) is 18.2 Å². The van der Waals surface area contributed by atoms with E-state index in [4.69, 9.17) is 4.74 Å². The Kier molecular flexibility index (Phi) is 7.59. The van der Waals surface area contributed by atoms with E-state index in [9.17, 15) is 14.9 Å². The van der Waals surface area contributed by atoms with Crippen molar-refractivity contribution in [3.05, 3.63) is 39.4 Å². The highest BCUT2D eigenvalue weighted by atomic mass is 35.5. The number of nitrogens with one attached hydrogen (secondary N) is 2. The van der Waals surface area contributed by atoms with Gasteiger partial charge in [0.15, 0.2) is 0 Å². The van der Waals surface area contributed by atoms with Gasteiger partial charge in [-0.25, -0.2) is 0 Å². The molecule has 7 nitrogen and oxygen atoms in total. The lowest BCUT2D eigenvalue weighted by molar-refractivity contribution is -0.384. The molecule has 1 aliphatic rings. The van der Waals surface area contributed by atoms with Crippen molar-refractivity contribution in [2.24, 2.45) is 5.41 Å². The number of nitrogens with zero attached hydrogens (tertiary/aromatic N) is 1. The summed E-state index contributed by atoms with van der Waals surface area (Å²) in [6.45, 7) is 4.62. The van der Waals surface area contributed by atoms with E-state index in [1.807, 2.05) is 0 Å². The van der Waals surface area contributed by atoms with Crippen LogP contribution in [0.25, 0.3) is 0 Å². The predicted octanol–water partition coefficient (Wildman–Crippen LogP) is 2.07. The van der Waals surface area contributed by atoms with Crippen LogP contribution in [-0.2, 0) is 4.74 Å². The van der Waals surface area contributed by atoms with Crippen LogP contribution in [0.3, 0.4) is 0 Å². The van der Waals surface area contributed by atoms with E-state index in [0.29, 0.717) is 24.3 Å². The van der Waals surface area contributed by atoms with E-state index < -0.39 is 4.92 Å². The van der Waals surface area contributed by atoms with Crippen LogP contribution in [0.5, 0.6) is 0 Å². The largest absolute Gasteiger partial charge is 0.384 e. The zero-order chi connectivity index (χ0) is 16.9. The number of nitro benzene ring substituents is 1. The number of ether oxygens (including phenoxy) is 1. The van der Waals surface area contributed by atoms with E-state index >= 15 is 0 Å². The molecule has 24 heavy (non-hydrogen) atoms. The fraction of sp³-hybridized carbons (Fsp3) is 0.562. The van der Waals surface area contributed by atoms with E-state index in [-0.39, 0.29) is 29.4 Å². The number of amides is 1. The Bertz CT molecular complexity index is 583. The van der Waals surface area contributed by atoms with Crippen LogP contribution >= 0.6 is 12.4 Å². The minimum absolute atomic E-state index is 0. The highest BCUT2D eigenvalue weighted by Crippen LogP contribution is 2.28. The molecule has 0 bridgehead atoms. The molecule has 0 aromatic heterocycles. The molecule has 134 valence electrons. The second-order valence-electron chi connectivity index (χ2n) is 6.18. The van der Waals surface area contributed by atoms with Crippen molar-refractivity contribution < 1.29 is 14.5 Å². The number of hydrogen-bond donors (Lipinski definition) is 2. The van der Waals surface area contributed by atoms with E-state index in [1.165, 1.54) is 12.1 Å². The Balaban J connectivity index is 0.00000288. The second kappa shape index (κ2) is 8.96. The molecule has 0 saturated carbocycles. The number of carbonyl (C=O) groups excluding carboxylic acids is 1. The van der Waals surface area contributed by atoms with Gasteiger partial charge >= 0.3 is 0 Å². The highest BCUT2D eigenvalue weighted by molar-refractivity contribution is 5.95. The summed E-state index contributed by atoms with van der Waals surface area (Å²) in [7, 11) is 1.66. The van der Waals surface area contributed by atoms with Crippen molar-refractivity contribution in [1.29, 1.82) is 0 Å². The normalized spacial score (nSPS) is 16.1. The summed E-state index contributed by atoms with van der Waals surface area (Å²) in [6.07, 6.45) is 1.85. The third-order valence-corrected chi connectivity index (χ3v) is 4.27. The number of rotatable bonds is 6. The summed E-state index contributed by atoms with van der Waals surface area (Å²) >= 11 is 0. The third kappa shape index (κ3) is 5.15. The molecule has 1 saturated heterocycles. The van der Waals surface area contributed by atoms with Gasteiger partial charge in [0.2, 0.25) is 0 Å². The molecule has 1 fully saturated rings. The molecule has 2 rings (SSSR count). The summed E-state index contributed by atoms with van der Waals surface area (Å²) in [5, 5.41) is 17.1. The standard InChI is InChI=1S/C16H23N3O4.ClH/c1-12-7-13(9-14(8-12)19(21)22)15(20)18-10-16(11-23-2)3-5-17-6-4-16;/h7-9,17H,3-6,10-11H2,1-2H3,(H,18,20);1H. The van der Waals surface area contributed by atoms with Crippen LogP contribution in [0.2, 0.25) is 0 Å². The Morgan fingerprint density at radius 3 is 2.62 bits per heavy atom. The number of nitro groups is 1. The van der Waals surface area contributed by atoms with Crippen molar-refractivity contribution in [1.82, 2.24) is 10.6 Å². The predicted molar refractivity (Wildman–Crippen MR) is 93.8 cm³/mol. The van der Waals surface area contributed by atoms with Gasteiger partial charge in [0, 0.05) is 36.8 Å². The highest BCUT2D eigenvalue weighted by Gasteiger charge is 2.32. The number of methoxy groups -OCH3 is 1. The molecular formula is C16H24ClN3O4. The zero-order valence-corrected chi connectivity index (χ0v) is 14.8. The lowest BCUT2D eigenvalue weighted by atomic mass is 9.79. The van der Waals surface area contributed by atoms with Gasteiger partial charge in [-0.15, -0.1) is 12.4 Å². The van der Waals surface area contributed by atoms with E-state index in [0.717, 1.165) is 25.9 Å². The van der Waals surface area contributed by atoms with Crippen LogP contribution in [-0.4, -0.2) is 44.2 Å². The Morgan fingerprint density at radius 1 is 1.38 bits per heavy atom. The minimum atomic E-state index is -0.483. The van der Waals surface area contributed by atoms with Crippen LogP contribution in [0.4, 0.5) is 5.69 Å². The molecule has 1 heterocycles. The Morgan fingerprint density at radius 2 is 2.04 bits per heavy atom. The van der Waals surface area contributed by atoms with Gasteiger partial charge in [-0.05, 0) is 44.5 Å². The lowest BCUT2D eigenvalue weighted by Gasteiger charge is -2.37. The number of piperidine rings is 1. The SMILES string of the molecule is COCC1(CNC(=O)c2cc(C)cc([N+](=O)[O-])c2)CCNCC1.Cl. The van der Waals surface area contributed by atoms with Gasteiger partial charge in [-0.1, -0.05) is 0 Å². The summed E-state index contributed by atoms with van der Waals surface area (Å²) in [6, 6.07) is 4.43. The van der Waals surface area contributed by atoms with Crippen molar-refractivity contribution in [2.75, 3.05) is 33.4 Å². The van der Waals surface area contributed by atoms with Gasteiger partial charge in [-0.2, -0.15) is 0 Å². The topological polar surface area (TPSA) is 93.5 Å². The zero-order valence-electron chi connectivity index (χ0n) is 14.0. The first-order valence-electron chi connectivity index (χ1n) is 7.70. The maximum Gasteiger partial charge on any atom is 0.270 e. The molecule has 0 spiro atoms. The maximum absolute atomic E-state index is 12.4. The number of non-ortho nitro benzene ring substituents is 1. The molecule has 1 aliphatic heterocycles. The number of halogens is 1. The van der Waals surface area contributed by atoms with Gasteiger partial charge in [0.1, 0.15) is 0 Å². The average molecular weight is 358 g/mol. The third-order valence-electron chi connectivity index (χ3n) is 4.27. The summed E-state index contributed by atoms with van der Waals surface area (Å²) < 4.78 is 5.32. The van der Waals surface area contributed by atoms with Crippen molar-refractivity contribution in [2.45, 2.75) is 19.8 Å². The number of carbonyl (C=O) groups is 1. The maximum atomic E-state index is 12.4. The molecule has 1 amide bonds. The quantitative estimate of drug-likeness (QED) is 0.600. The molecule has 2 N–H and O–H groups in total. The lowest BCUT2D eigenvalue weighted by Crippen LogP contribution is -2.47. The number of benzene rings is 1. The average Bonchev–Trinajstić information content (AvgIpc) is 2.53. The van der Waals surface area contributed by atoms with Gasteiger partial charge in [-0.3, -0.25) is 14.9 Å². The smallest absolute Gasteiger partial charge is 0.270 e. The molecular weight excluding hydrogens is 334 g/mol. The second-order valence-corrected chi connectivity index (χ2v) is 6.18. The first-order chi connectivity index (χ1) is 11.0. The molecule has 0 atom stereocenters.